The third-order valence-electron chi connectivity index (χ3n) is 4.09. The van der Waals surface area contributed by atoms with E-state index in [1.165, 1.54) is 0 Å². The summed E-state index contributed by atoms with van der Waals surface area (Å²) in [7, 11) is 0. The van der Waals surface area contributed by atoms with Gasteiger partial charge in [0.15, 0.2) is 0 Å². The quantitative estimate of drug-likeness (QED) is 0.929. The fourth-order valence-corrected chi connectivity index (χ4v) is 2.74. The van der Waals surface area contributed by atoms with Gasteiger partial charge in [0.2, 0.25) is 0 Å². The molecule has 0 aliphatic carbocycles. The van der Waals surface area contributed by atoms with Crippen LogP contribution in [-0.2, 0) is 0 Å². The maximum absolute atomic E-state index is 11.8. The van der Waals surface area contributed by atoms with Gasteiger partial charge in [-0.15, -0.1) is 10.2 Å². The van der Waals surface area contributed by atoms with Crippen molar-refractivity contribution in [2.45, 2.75) is 19.8 Å². The minimum Gasteiger partial charge on any atom is -0.371 e. The standard InChI is InChI=1S/C15H19N5O/c1-11-4-6-19(7-5-11)14-3-2-12(8-13(14)15(16)21)20-9-17-18-10-20/h2-3,8-11H,4-7H2,1H3,(H2,16,21). The monoisotopic (exact) mass is 285 g/mol. The molecule has 1 fully saturated rings. The topological polar surface area (TPSA) is 77.0 Å². The molecule has 1 aliphatic rings. The number of aromatic nitrogens is 3. The molecule has 2 heterocycles. The second-order valence-electron chi connectivity index (χ2n) is 5.60. The van der Waals surface area contributed by atoms with Crippen LogP contribution in [0.3, 0.4) is 0 Å². The van der Waals surface area contributed by atoms with Crippen LogP contribution in [0.4, 0.5) is 5.69 Å². The molecule has 0 saturated carbocycles. The number of nitrogens with two attached hydrogens (primary N) is 1. The molecule has 1 aliphatic heterocycles. The lowest BCUT2D eigenvalue weighted by Crippen LogP contribution is -2.34. The van der Waals surface area contributed by atoms with Gasteiger partial charge in [0, 0.05) is 24.5 Å². The smallest absolute Gasteiger partial charge is 0.250 e. The lowest BCUT2D eigenvalue weighted by atomic mass is 9.98. The molecule has 1 amide bonds. The lowest BCUT2D eigenvalue weighted by Gasteiger charge is -2.33. The summed E-state index contributed by atoms with van der Waals surface area (Å²) in [6.45, 7) is 4.20. The Morgan fingerprint density at radius 2 is 1.90 bits per heavy atom. The van der Waals surface area contributed by atoms with E-state index < -0.39 is 5.91 Å². The van der Waals surface area contributed by atoms with Crippen molar-refractivity contribution in [1.29, 1.82) is 0 Å². The summed E-state index contributed by atoms with van der Waals surface area (Å²) >= 11 is 0. The Labute approximate surface area is 123 Å². The molecule has 1 aromatic heterocycles. The number of piperidine rings is 1. The predicted octanol–water partition coefficient (Wildman–Crippen LogP) is 1.60. The highest BCUT2D eigenvalue weighted by molar-refractivity contribution is 5.99. The first-order chi connectivity index (χ1) is 10.1. The first-order valence-corrected chi connectivity index (χ1v) is 7.19. The Balaban J connectivity index is 1.95. The van der Waals surface area contributed by atoms with E-state index in [0.717, 1.165) is 43.2 Å². The summed E-state index contributed by atoms with van der Waals surface area (Å²) in [4.78, 5) is 14.1. The van der Waals surface area contributed by atoms with Gasteiger partial charge in [-0.1, -0.05) is 6.92 Å². The Kier molecular flexibility index (Phi) is 3.60. The largest absolute Gasteiger partial charge is 0.371 e. The fraction of sp³-hybridized carbons (Fsp3) is 0.400. The second kappa shape index (κ2) is 5.55. The molecule has 0 spiro atoms. The zero-order valence-corrected chi connectivity index (χ0v) is 12.1. The van der Waals surface area contributed by atoms with Crippen LogP contribution in [0.15, 0.2) is 30.9 Å². The molecule has 6 heteroatoms. The van der Waals surface area contributed by atoms with E-state index in [1.807, 2.05) is 12.1 Å². The van der Waals surface area contributed by atoms with Gasteiger partial charge in [0.25, 0.3) is 5.91 Å². The zero-order chi connectivity index (χ0) is 14.8. The van der Waals surface area contributed by atoms with Crippen molar-refractivity contribution in [3.8, 4) is 5.69 Å². The third kappa shape index (κ3) is 2.74. The minimum absolute atomic E-state index is 0.404. The molecule has 2 aromatic rings. The predicted molar refractivity (Wildman–Crippen MR) is 80.5 cm³/mol. The molecule has 1 aromatic carbocycles. The molecule has 3 rings (SSSR count). The number of carbonyl (C=O) groups is 1. The highest BCUT2D eigenvalue weighted by Crippen LogP contribution is 2.27. The average Bonchev–Trinajstić information content (AvgIpc) is 3.02. The third-order valence-corrected chi connectivity index (χ3v) is 4.09. The minimum atomic E-state index is -0.404. The number of rotatable bonds is 3. The molecular weight excluding hydrogens is 266 g/mol. The highest BCUT2D eigenvalue weighted by atomic mass is 16.1. The van der Waals surface area contributed by atoms with Crippen molar-refractivity contribution in [3.63, 3.8) is 0 Å². The van der Waals surface area contributed by atoms with E-state index in [2.05, 4.69) is 22.0 Å². The SMILES string of the molecule is CC1CCN(c2ccc(-n3cnnc3)cc2C(N)=O)CC1. The summed E-state index contributed by atoms with van der Waals surface area (Å²) in [5, 5.41) is 7.56. The van der Waals surface area contributed by atoms with Gasteiger partial charge in [0.05, 0.1) is 5.56 Å². The first kappa shape index (κ1) is 13.6. The van der Waals surface area contributed by atoms with E-state index in [0.29, 0.717) is 5.56 Å². The van der Waals surface area contributed by atoms with E-state index >= 15 is 0 Å². The normalized spacial score (nSPS) is 16.1. The van der Waals surface area contributed by atoms with Crippen LogP contribution in [0.1, 0.15) is 30.1 Å². The molecule has 6 nitrogen and oxygen atoms in total. The summed E-state index contributed by atoms with van der Waals surface area (Å²) in [6.07, 6.45) is 5.49. The molecule has 110 valence electrons. The molecule has 2 N–H and O–H groups in total. The van der Waals surface area contributed by atoms with Crippen LogP contribution in [0.2, 0.25) is 0 Å². The fourth-order valence-electron chi connectivity index (χ4n) is 2.74. The number of carbonyl (C=O) groups excluding carboxylic acids is 1. The first-order valence-electron chi connectivity index (χ1n) is 7.19. The van der Waals surface area contributed by atoms with Crippen molar-refractivity contribution in [1.82, 2.24) is 14.8 Å². The van der Waals surface area contributed by atoms with Crippen molar-refractivity contribution in [3.05, 3.63) is 36.4 Å². The van der Waals surface area contributed by atoms with Gasteiger partial charge in [-0.3, -0.25) is 9.36 Å². The van der Waals surface area contributed by atoms with E-state index in [4.69, 9.17) is 5.73 Å². The number of anilines is 1. The van der Waals surface area contributed by atoms with E-state index in [9.17, 15) is 4.79 Å². The van der Waals surface area contributed by atoms with Crippen LogP contribution >= 0.6 is 0 Å². The van der Waals surface area contributed by atoms with Crippen molar-refractivity contribution in [2.75, 3.05) is 18.0 Å². The zero-order valence-electron chi connectivity index (χ0n) is 12.1. The van der Waals surface area contributed by atoms with Crippen LogP contribution in [0, 0.1) is 5.92 Å². The Hall–Kier alpha value is -2.37. The van der Waals surface area contributed by atoms with Gasteiger partial charge in [-0.25, -0.2) is 0 Å². The Morgan fingerprint density at radius 3 is 2.52 bits per heavy atom. The van der Waals surface area contributed by atoms with Gasteiger partial charge >= 0.3 is 0 Å². The van der Waals surface area contributed by atoms with Gasteiger partial charge < -0.3 is 10.6 Å². The maximum Gasteiger partial charge on any atom is 0.250 e. The number of hydrogen-bond donors (Lipinski definition) is 1. The molecule has 0 bridgehead atoms. The summed E-state index contributed by atoms with van der Waals surface area (Å²) < 4.78 is 1.76. The summed E-state index contributed by atoms with van der Waals surface area (Å²) in [5.41, 5.74) is 7.87. The van der Waals surface area contributed by atoms with Crippen LogP contribution < -0.4 is 10.6 Å². The van der Waals surface area contributed by atoms with E-state index in [1.54, 1.807) is 23.3 Å². The average molecular weight is 285 g/mol. The lowest BCUT2D eigenvalue weighted by molar-refractivity contribution is 0.100. The van der Waals surface area contributed by atoms with Crippen LogP contribution in [0.5, 0.6) is 0 Å². The molecule has 1 saturated heterocycles. The highest BCUT2D eigenvalue weighted by Gasteiger charge is 2.20. The number of amides is 1. The number of primary amides is 1. The van der Waals surface area contributed by atoms with Crippen molar-refractivity contribution < 1.29 is 4.79 Å². The molecule has 0 atom stereocenters. The summed E-state index contributed by atoms with van der Waals surface area (Å²) in [6, 6.07) is 5.73. The van der Waals surface area contributed by atoms with Gasteiger partial charge in [0.1, 0.15) is 12.7 Å². The Bertz CT molecular complexity index is 630. The van der Waals surface area contributed by atoms with Crippen LogP contribution in [-0.4, -0.2) is 33.8 Å². The number of hydrogen-bond acceptors (Lipinski definition) is 4. The molecular formula is C15H19N5O. The van der Waals surface area contributed by atoms with E-state index in [-0.39, 0.29) is 0 Å². The second-order valence-corrected chi connectivity index (χ2v) is 5.60. The van der Waals surface area contributed by atoms with Crippen LogP contribution in [0.25, 0.3) is 5.69 Å². The molecule has 0 unspecified atom stereocenters. The van der Waals surface area contributed by atoms with Gasteiger partial charge in [-0.05, 0) is 37.0 Å². The number of benzene rings is 1. The molecule has 21 heavy (non-hydrogen) atoms. The number of nitrogens with zero attached hydrogens (tertiary/aromatic N) is 4. The summed E-state index contributed by atoms with van der Waals surface area (Å²) in [5.74, 6) is 0.341. The van der Waals surface area contributed by atoms with Crippen molar-refractivity contribution >= 4 is 11.6 Å². The maximum atomic E-state index is 11.8. The Morgan fingerprint density at radius 1 is 1.24 bits per heavy atom. The van der Waals surface area contributed by atoms with Gasteiger partial charge in [-0.2, -0.15) is 0 Å². The molecule has 0 radical (unpaired) electrons. The van der Waals surface area contributed by atoms with Crippen molar-refractivity contribution in [2.24, 2.45) is 11.7 Å².